The van der Waals surface area contributed by atoms with Crippen molar-refractivity contribution in [2.45, 2.75) is 38.5 Å². The molecule has 1 aromatic carbocycles. The van der Waals surface area contributed by atoms with E-state index in [1.165, 1.54) is 5.56 Å². The number of piperidine rings is 1. The Kier molecular flexibility index (Phi) is 4.64. The molecule has 0 saturated carbocycles. The number of benzene rings is 1. The van der Waals surface area contributed by atoms with Crippen molar-refractivity contribution in [2.75, 3.05) is 13.1 Å². The Labute approximate surface area is 137 Å². The first-order chi connectivity index (χ1) is 11.0. The van der Waals surface area contributed by atoms with Crippen LogP contribution in [0.1, 0.15) is 24.5 Å². The number of aliphatic hydroxyl groups is 1. The summed E-state index contributed by atoms with van der Waals surface area (Å²) in [7, 11) is 0. The number of hydrogen-bond acceptors (Lipinski definition) is 4. The van der Waals surface area contributed by atoms with E-state index in [-0.39, 0.29) is 6.10 Å². The molecular weight excluding hydrogens is 288 g/mol. The van der Waals surface area contributed by atoms with Gasteiger partial charge < -0.3 is 9.84 Å². The smallest absolute Gasteiger partial charge is 0.129 e. The van der Waals surface area contributed by atoms with E-state index in [2.05, 4.69) is 16.0 Å². The molecule has 0 amide bonds. The minimum Gasteiger partial charge on any atom is -0.487 e. The molecule has 1 N–H and O–H groups in total. The first-order valence-corrected chi connectivity index (χ1v) is 8.10. The normalized spacial score (nSPS) is 25.3. The molecule has 1 aromatic heterocycles. The number of rotatable bonds is 4. The van der Waals surface area contributed by atoms with E-state index < -0.39 is 5.60 Å². The minimum absolute atomic E-state index is 0.184. The van der Waals surface area contributed by atoms with E-state index in [9.17, 15) is 5.11 Å². The lowest BCUT2D eigenvalue weighted by molar-refractivity contribution is -0.0993. The molecule has 2 atom stereocenters. The molecule has 0 spiro atoms. The highest BCUT2D eigenvalue weighted by molar-refractivity contribution is 5.22. The van der Waals surface area contributed by atoms with Gasteiger partial charge in [-0.3, -0.25) is 9.88 Å². The van der Waals surface area contributed by atoms with Crippen molar-refractivity contribution < 1.29 is 9.84 Å². The second kappa shape index (κ2) is 6.69. The number of β-amino-alcohol motifs (C(OH)–C–C–N with tert-alkyl or cyclic N) is 1. The van der Waals surface area contributed by atoms with Crippen LogP contribution >= 0.6 is 0 Å². The molecule has 2 aromatic rings. The Hall–Kier alpha value is -1.91. The van der Waals surface area contributed by atoms with Gasteiger partial charge in [-0.15, -0.1) is 0 Å². The first-order valence-electron chi connectivity index (χ1n) is 8.10. The van der Waals surface area contributed by atoms with Crippen LogP contribution in [0, 0.1) is 6.92 Å². The maximum absolute atomic E-state index is 10.8. The topological polar surface area (TPSA) is 45.6 Å². The highest BCUT2D eigenvalue weighted by Crippen LogP contribution is 2.27. The van der Waals surface area contributed by atoms with Crippen molar-refractivity contribution >= 4 is 0 Å². The average molecular weight is 312 g/mol. The van der Waals surface area contributed by atoms with Crippen LogP contribution in [-0.4, -0.2) is 39.8 Å². The maximum atomic E-state index is 10.8. The standard InChI is InChI=1S/C19H24N2O2/c1-15-10-16(12-20-11-15)13-21-9-8-18(19(2,22)14-21)23-17-6-4-3-5-7-17/h3-7,10-12,18,22H,8-9,13-14H2,1-2H3/t18-,19-/m0/s1. The third kappa shape index (κ3) is 4.09. The summed E-state index contributed by atoms with van der Waals surface area (Å²) in [6, 6.07) is 11.9. The first kappa shape index (κ1) is 16.0. The predicted octanol–water partition coefficient (Wildman–Crippen LogP) is 2.79. The monoisotopic (exact) mass is 312 g/mol. The van der Waals surface area contributed by atoms with Gasteiger partial charge in [0.25, 0.3) is 0 Å². The largest absolute Gasteiger partial charge is 0.487 e. The van der Waals surface area contributed by atoms with Gasteiger partial charge in [0.2, 0.25) is 0 Å². The van der Waals surface area contributed by atoms with Crippen LogP contribution in [0.25, 0.3) is 0 Å². The molecule has 1 saturated heterocycles. The van der Waals surface area contributed by atoms with Crippen LogP contribution in [-0.2, 0) is 6.54 Å². The van der Waals surface area contributed by atoms with E-state index in [0.717, 1.165) is 30.8 Å². The van der Waals surface area contributed by atoms with Crippen molar-refractivity contribution in [1.29, 1.82) is 0 Å². The lowest BCUT2D eigenvalue weighted by Gasteiger charge is -2.42. The molecule has 1 fully saturated rings. The second-order valence-corrected chi connectivity index (χ2v) is 6.65. The third-order valence-electron chi connectivity index (χ3n) is 4.30. The van der Waals surface area contributed by atoms with Crippen molar-refractivity contribution in [3.05, 3.63) is 59.9 Å². The SMILES string of the molecule is Cc1cncc(CN2CC[C@H](Oc3ccccc3)[C@@](C)(O)C2)c1. The average Bonchev–Trinajstić information content (AvgIpc) is 2.51. The number of aryl methyl sites for hydroxylation is 1. The Bertz CT molecular complexity index is 643. The third-order valence-corrected chi connectivity index (χ3v) is 4.30. The van der Waals surface area contributed by atoms with Crippen LogP contribution in [0.2, 0.25) is 0 Å². The van der Waals surface area contributed by atoms with Gasteiger partial charge in [0.05, 0.1) is 0 Å². The molecule has 1 aliphatic heterocycles. The van der Waals surface area contributed by atoms with Gasteiger partial charge in [-0.2, -0.15) is 0 Å². The number of hydrogen-bond donors (Lipinski definition) is 1. The van der Waals surface area contributed by atoms with E-state index >= 15 is 0 Å². The Morgan fingerprint density at radius 2 is 2.09 bits per heavy atom. The van der Waals surface area contributed by atoms with E-state index in [1.54, 1.807) is 0 Å². The fourth-order valence-corrected chi connectivity index (χ4v) is 3.19. The summed E-state index contributed by atoms with van der Waals surface area (Å²) in [5.41, 5.74) is 1.48. The molecule has 1 aliphatic rings. The summed E-state index contributed by atoms with van der Waals surface area (Å²) in [6.07, 6.45) is 4.38. The summed E-state index contributed by atoms with van der Waals surface area (Å²) < 4.78 is 6.00. The van der Waals surface area contributed by atoms with Crippen LogP contribution in [0.15, 0.2) is 48.8 Å². The van der Waals surface area contributed by atoms with Gasteiger partial charge in [0, 0.05) is 32.0 Å². The number of ether oxygens (including phenoxy) is 1. The molecule has 0 aliphatic carbocycles. The van der Waals surface area contributed by atoms with Gasteiger partial charge in [-0.1, -0.05) is 24.3 Å². The van der Waals surface area contributed by atoms with Crippen LogP contribution in [0.3, 0.4) is 0 Å². The van der Waals surface area contributed by atoms with E-state index in [4.69, 9.17) is 4.74 Å². The van der Waals surface area contributed by atoms with Crippen molar-refractivity contribution in [3.63, 3.8) is 0 Å². The summed E-state index contributed by atoms with van der Waals surface area (Å²) >= 11 is 0. The van der Waals surface area contributed by atoms with Gasteiger partial charge >= 0.3 is 0 Å². The molecule has 3 rings (SSSR count). The zero-order chi connectivity index (χ0) is 16.3. The fourth-order valence-electron chi connectivity index (χ4n) is 3.19. The Balaban J connectivity index is 1.63. The number of likely N-dealkylation sites (tertiary alicyclic amines) is 1. The summed E-state index contributed by atoms with van der Waals surface area (Å²) in [4.78, 5) is 6.51. The Morgan fingerprint density at radius 3 is 2.78 bits per heavy atom. The summed E-state index contributed by atoms with van der Waals surface area (Å²) in [6.45, 7) is 6.22. The molecule has 4 heteroatoms. The lowest BCUT2D eigenvalue weighted by atomic mass is 9.91. The highest BCUT2D eigenvalue weighted by atomic mass is 16.5. The number of aromatic nitrogens is 1. The highest BCUT2D eigenvalue weighted by Gasteiger charge is 2.39. The van der Waals surface area contributed by atoms with Crippen molar-refractivity contribution in [2.24, 2.45) is 0 Å². The van der Waals surface area contributed by atoms with Crippen LogP contribution in [0.5, 0.6) is 5.75 Å². The number of nitrogens with zero attached hydrogens (tertiary/aromatic N) is 2. The summed E-state index contributed by atoms with van der Waals surface area (Å²) in [5.74, 6) is 0.814. The van der Waals surface area contributed by atoms with Gasteiger partial charge in [-0.25, -0.2) is 0 Å². The van der Waals surface area contributed by atoms with E-state index in [0.29, 0.717) is 6.54 Å². The van der Waals surface area contributed by atoms with Crippen LogP contribution < -0.4 is 4.74 Å². The molecule has 122 valence electrons. The minimum atomic E-state index is -0.870. The van der Waals surface area contributed by atoms with Crippen molar-refractivity contribution in [1.82, 2.24) is 9.88 Å². The number of pyridine rings is 1. The maximum Gasteiger partial charge on any atom is 0.129 e. The molecule has 0 bridgehead atoms. The van der Waals surface area contributed by atoms with Gasteiger partial charge in [0.15, 0.2) is 0 Å². The predicted molar refractivity (Wildman–Crippen MR) is 90.3 cm³/mol. The van der Waals surface area contributed by atoms with Gasteiger partial charge in [0.1, 0.15) is 17.5 Å². The molecule has 0 radical (unpaired) electrons. The van der Waals surface area contributed by atoms with Crippen LogP contribution in [0.4, 0.5) is 0 Å². The van der Waals surface area contributed by atoms with Crippen molar-refractivity contribution in [3.8, 4) is 5.75 Å². The molecule has 4 nitrogen and oxygen atoms in total. The Morgan fingerprint density at radius 1 is 1.30 bits per heavy atom. The zero-order valence-corrected chi connectivity index (χ0v) is 13.8. The zero-order valence-electron chi connectivity index (χ0n) is 13.8. The fraction of sp³-hybridized carbons (Fsp3) is 0.421. The number of para-hydroxylation sites is 1. The van der Waals surface area contributed by atoms with E-state index in [1.807, 2.05) is 56.6 Å². The molecule has 2 heterocycles. The quantitative estimate of drug-likeness (QED) is 0.943. The summed E-state index contributed by atoms with van der Waals surface area (Å²) in [5, 5.41) is 10.8. The lowest BCUT2D eigenvalue weighted by Crippen LogP contribution is -2.56. The van der Waals surface area contributed by atoms with Gasteiger partial charge in [-0.05, 0) is 43.5 Å². The molecular formula is C19H24N2O2. The molecule has 0 unspecified atom stereocenters. The second-order valence-electron chi connectivity index (χ2n) is 6.65. The molecule has 23 heavy (non-hydrogen) atoms.